The number of hydrogen-bond donors (Lipinski definition) is 0. The molecule has 0 bridgehead atoms. The highest BCUT2D eigenvalue weighted by Gasteiger charge is 2.33. The summed E-state index contributed by atoms with van der Waals surface area (Å²) < 4.78 is 5.41. The minimum absolute atomic E-state index is 0.104. The van der Waals surface area contributed by atoms with Crippen molar-refractivity contribution in [2.75, 3.05) is 0 Å². The van der Waals surface area contributed by atoms with Crippen molar-refractivity contribution in [3.05, 3.63) is 12.2 Å². The van der Waals surface area contributed by atoms with Crippen molar-refractivity contribution in [1.82, 2.24) is 0 Å². The average Bonchev–Trinajstić information content (AvgIpc) is 1.99. The summed E-state index contributed by atoms with van der Waals surface area (Å²) in [7, 11) is 0. The fourth-order valence-corrected chi connectivity index (χ4v) is 2.69. The van der Waals surface area contributed by atoms with E-state index in [0.29, 0.717) is 11.3 Å². The first-order chi connectivity index (χ1) is 6.93. The molecular formula is C13H22O2. The Hall–Kier alpha value is -0.790. The molecule has 2 heteroatoms. The van der Waals surface area contributed by atoms with E-state index in [-0.39, 0.29) is 12.1 Å². The molecule has 0 aromatic heterocycles. The van der Waals surface area contributed by atoms with Crippen LogP contribution in [-0.4, -0.2) is 12.1 Å². The lowest BCUT2D eigenvalue weighted by Crippen LogP contribution is -2.33. The second kappa shape index (κ2) is 4.82. The van der Waals surface area contributed by atoms with E-state index in [1.807, 2.05) is 6.92 Å². The maximum Gasteiger partial charge on any atom is 0.330 e. The largest absolute Gasteiger partial charge is 0.459 e. The SMILES string of the molecule is CC=CC(=O)O[C@H]1C[C@H](C)CC(C)(C)C1. The summed E-state index contributed by atoms with van der Waals surface area (Å²) in [6, 6.07) is 0. The molecule has 86 valence electrons. The lowest BCUT2D eigenvalue weighted by atomic mass is 9.71. The van der Waals surface area contributed by atoms with Crippen molar-refractivity contribution < 1.29 is 9.53 Å². The highest BCUT2D eigenvalue weighted by molar-refractivity contribution is 5.81. The van der Waals surface area contributed by atoms with E-state index in [0.717, 1.165) is 12.8 Å². The standard InChI is InChI=1S/C13H22O2/c1-5-6-12(14)15-11-7-10(2)8-13(3,4)9-11/h5-6,10-11H,7-9H2,1-4H3/t10-,11-/m0/s1. The van der Waals surface area contributed by atoms with Crippen LogP contribution in [0.15, 0.2) is 12.2 Å². The first-order valence-corrected chi connectivity index (χ1v) is 5.76. The number of ether oxygens (including phenoxy) is 1. The summed E-state index contributed by atoms with van der Waals surface area (Å²) in [6.45, 7) is 8.56. The fraction of sp³-hybridized carbons (Fsp3) is 0.769. The van der Waals surface area contributed by atoms with E-state index >= 15 is 0 Å². The number of carbonyl (C=O) groups is 1. The molecule has 2 atom stereocenters. The molecule has 15 heavy (non-hydrogen) atoms. The van der Waals surface area contributed by atoms with E-state index in [1.54, 1.807) is 6.08 Å². The highest BCUT2D eigenvalue weighted by atomic mass is 16.5. The van der Waals surface area contributed by atoms with E-state index in [9.17, 15) is 4.79 Å². The normalized spacial score (nSPS) is 30.4. The Labute approximate surface area is 92.7 Å². The third-order valence-corrected chi connectivity index (χ3v) is 2.93. The Morgan fingerprint density at radius 3 is 2.60 bits per heavy atom. The Balaban J connectivity index is 2.52. The molecule has 0 radical (unpaired) electrons. The zero-order valence-corrected chi connectivity index (χ0v) is 10.2. The summed E-state index contributed by atoms with van der Waals surface area (Å²) in [6.07, 6.45) is 6.54. The van der Waals surface area contributed by atoms with E-state index in [4.69, 9.17) is 4.74 Å². The van der Waals surface area contributed by atoms with Gasteiger partial charge in [-0.25, -0.2) is 4.79 Å². The molecule has 1 aliphatic rings. The summed E-state index contributed by atoms with van der Waals surface area (Å²) >= 11 is 0. The fourth-order valence-electron chi connectivity index (χ4n) is 2.69. The Morgan fingerprint density at radius 1 is 1.40 bits per heavy atom. The molecule has 2 nitrogen and oxygen atoms in total. The van der Waals surface area contributed by atoms with Crippen LogP contribution in [0.3, 0.4) is 0 Å². The summed E-state index contributed by atoms with van der Waals surface area (Å²) in [5.41, 5.74) is 0.304. The molecule has 0 heterocycles. The van der Waals surface area contributed by atoms with Gasteiger partial charge in [-0.2, -0.15) is 0 Å². The molecule has 1 saturated carbocycles. The van der Waals surface area contributed by atoms with Crippen molar-refractivity contribution in [2.24, 2.45) is 11.3 Å². The minimum Gasteiger partial charge on any atom is -0.459 e. The molecule has 0 aromatic carbocycles. The number of rotatable bonds is 2. The maximum absolute atomic E-state index is 11.3. The smallest absolute Gasteiger partial charge is 0.330 e. The summed E-state index contributed by atoms with van der Waals surface area (Å²) in [4.78, 5) is 11.3. The van der Waals surface area contributed by atoms with Crippen molar-refractivity contribution >= 4 is 5.97 Å². The molecule has 1 fully saturated rings. The van der Waals surface area contributed by atoms with Gasteiger partial charge in [0.15, 0.2) is 0 Å². The Bertz CT molecular complexity index is 253. The first-order valence-electron chi connectivity index (χ1n) is 5.76. The zero-order chi connectivity index (χ0) is 11.5. The van der Waals surface area contributed by atoms with Gasteiger partial charge in [0.25, 0.3) is 0 Å². The van der Waals surface area contributed by atoms with Gasteiger partial charge in [-0.3, -0.25) is 0 Å². The molecular weight excluding hydrogens is 188 g/mol. The quantitative estimate of drug-likeness (QED) is 0.516. The van der Waals surface area contributed by atoms with Crippen LogP contribution in [0.5, 0.6) is 0 Å². The predicted octanol–water partition coefficient (Wildman–Crippen LogP) is 3.32. The third kappa shape index (κ3) is 4.06. The van der Waals surface area contributed by atoms with Crippen LogP contribution in [-0.2, 0) is 9.53 Å². The molecule has 0 unspecified atom stereocenters. The van der Waals surface area contributed by atoms with Crippen molar-refractivity contribution in [1.29, 1.82) is 0 Å². The number of esters is 1. The molecule has 0 saturated heterocycles. The third-order valence-electron chi connectivity index (χ3n) is 2.93. The van der Waals surface area contributed by atoms with Crippen molar-refractivity contribution in [3.63, 3.8) is 0 Å². The average molecular weight is 210 g/mol. The van der Waals surface area contributed by atoms with Crippen molar-refractivity contribution in [2.45, 2.75) is 53.1 Å². The molecule has 0 aliphatic heterocycles. The van der Waals surface area contributed by atoms with Gasteiger partial charge in [0.1, 0.15) is 6.10 Å². The van der Waals surface area contributed by atoms with E-state index in [1.165, 1.54) is 12.5 Å². The Kier molecular flexibility index (Phi) is 3.95. The van der Waals surface area contributed by atoms with Gasteiger partial charge in [-0.15, -0.1) is 0 Å². The zero-order valence-electron chi connectivity index (χ0n) is 10.2. The highest BCUT2D eigenvalue weighted by Crippen LogP contribution is 2.39. The monoisotopic (exact) mass is 210 g/mol. The van der Waals surface area contributed by atoms with Crippen LogP contribution in [0.4, 0.5) is 0 Å². The molecule has 0 aromatic rings. The second-order valence-electron chi connectivity index (χ2n) is 5.47. The first kappa shape index (κ1) is 12.3. The van der Waals surface area contributed by atoms with Crippen LogP contribution >= 0.6 is 0 Å². The van der Waals surface area contributed by atoms with Crippen LogP contribution < -0.4 is 0 Å². The van der Waals surface area contributed by atoms with Gasteiger partial charge in [-0.05, 0) is 37.5 Å². The molecule has 1 aliphatic carbocycles. The topological polar surface area (TPSA) is 26.3 Å². The Morgan fingerprint density at radius 2 is 2.07 bits per heavy atom. The molecule has 1 rings (SSSR count). The van der Waals surface area contributed by atoms with Crippen LogP contribution in [0, 0.1) is 11.3 Å². The van der Waals surface area contributed by atoms with Crippen LogP contribution in [0.25, 0.3) is 0 Å². The lowest BCUT2D eigenvalue weighted by molar-refractivity contribution is -0.147. The number of carbonyl (C=O) groups excluding carboxylic acids is 1. The van der Waals surface area contributed by atoms with Gasteiger partial charge in [0.2, 0.25) is 0 Å². The molecule has 0 N–H and O–H groups in total. The van der Waals surface area contributed by atoms with E-state index < -0.39 is 0 Å². The van der Waals surface area contributed by atoms with Crippen LogP contribution in [0.2, 0.25) is 0 Å². The number of hydrogen-bond acceptors (Lipinski definition) is 2. The van der Waals surface area contributed by atoms with Crippen LogP contribution in [0.1, 0.15) is 47.0 Å². The summed E-state index contributed by atoms with van der Waals surface area (Å²) in [5.74, 6) is 0.449. The molecule has 0 amide bonds. The maximum atomic E-state index is 11.3. The second-order valence-corrected chi connectivity index (χ2v) is 5.47. The van der Waals surface area contributed by atoms with Gasteiger partial charge >= 0.3 is 5.97 Å². The van der Waals surface area contributed by atoms with E-state index in [2.05, 4.69) is 20.8 Å². The van der Waals surface area contributed by atoms with Gasteiger partial charge in [0, 0.05) is 6.08 Å². The van der Waals surface area contributed by atoms with Gasteiger partial charge in [-0.1, -0.05) is 26.8 Å². The summed E-state index contributed by atoms with van der Waals surface area (Å²) in [5, 5.41) is 0. The lowest BCUT2D eigenvalue weighted by Gasteiger charge is -2.38. The van der Waals surface area contributed by atoms with Gasteiger partial charge in [0.05, 0.1) is 0 Å². The predicted molar refractivity (Wildman–Crippen MR) is 61.5 cm³/mol. The molecule has 0 spiro atoms. The number of allylic oxidation sites excluding steroid dienone is 1. The minimum atomic E-state index is -0.201. The van der Waals surface area contributed by atoms with Crippen molar-refractivity contribution in [3.8, 4) is 0 Å². The van der Waals surface area contributed by atoms with Gasteiger partial charge < -0.3 is 4.74 Å².